The van der Waals surface area contributed by atoms with Gasteiger partial charge < -0.3 is 24.7 Å². The van der Waals surface area contributed by atoms with Crippen LogP contribution in [0.4, 0.5) is 5.69 Å². The number of carbonyl (C=O) groups excluding carboxylic acids is 2. The van der Waals surface area contributed by atoms with Gasteiger partial charge in [0, 0.05) is 23.4 Å². The first-order valence-electron chi connectivity index (χ1n) is 13.6. The monoisotopic (exact) mass is 538 g/mol. The summed E-state index contributed by atoms with van der Waals surface area (Å²) in [5, 5.41) is 14.6. The zero-order valence-corrected chi connectivity index (χ0v) is 21.9. The van der Waals surface area contributed by atoms with E-state index < -0.39 is 11.5 Å². The molecule has 3 N–H and O–H groups in total. The summed E-state index contributed by atoms with van der Waals surface area (Å²) in [5.74, 6) is -0.782. The number of carboxylic acid groups (broad SMARTS) is 1. The molecule has 204 valence electrons. The van der Waals surface area contributed by atoms with E-state index in [1.165, 1.54) is 25.3 Å². The molecule has 0 saturated heterocycles. The highest BCUT2D eigenvalue weighted by Gasteiger charge is 2.51. The Morgan fingerprint density at radius 2 is 1.80 bits per heavy atom. The molecule has 0 radical (unpaired) electrons. The third-order valence-corrected chi connectivity index (χ3v) is 7.80. The van der Waals surface area contributed by atoms with E-state index in [-0.39, 0.29) is 11.8 Å². The average Bonchev–Trinajstić information content (AvgIpc) is 3.37. The quantitative estimate of drug-likeness (QED) is 0.243. The van der Waals surface area contributed by atoms with Gasteiger partial charge in [-0.05, 0) is 73.7 Å². The number of hydrogen-bond donors (Lipinski definition) is 3. The maximum atomic E-state index is 13.3. The van der Waals surface area contributed by atoms with E-state index in [2.05, 4.69) is 15.2 Å². The Hall–Kier alpha value is -4.66. The van der Waals surface area contributed by atoms with Crippen LogP contribution in [0.2, 0.25) is 0 Å². The topological polar surface area (TPSA) is 126 Å². The summed E-state index contributed by atoms with van der Waals surface area (Å²) in [4.78, 5) is 42.0. The number of benzene rings is 2. The molecule has 0 spiro atoms. The van der Waals surface area contributed by atoms with Gasteiger partial charge in [-0.1, -0.05) is 31.4 Å². The van der Waals surface area contributed by atoms with Crippen LogP contribution < -0.4 is 10.6 Å². The van der Waals surface area contributed by atoms with Crippen molar-refractivity contribution in [3.05, 3.63) is 78.3 Å². The van der Waals surface area contributed by atoms with Crippen molar-refractivity contribution in [2.24, 2.45) is 0 Å². The van der Waals surface area contributed by atoms with Crippen LogP contribution >= 0.6 is 0 Å². The van der Waals surface area contributed by atoms with Crippen molar-refractivity contribution >= 4 is 40.6 Å². The number of aliphatic carboxylic acids is 1. The van der Waals surface area contributed by atoms with Gasteiger partial charge in [0.25, 0.3) is 5.91 Å². The lowest BCUT2D eigenvalue weighted by Crippen LogP contribution is -2.46. The standard InChI is InChI=1S/C31H30N4O5/c36-27(37)13-8-20-6-10-23(11-7-20)32-30(39)31(15-16-31)34-29(38)21-9-12-26-25(18-21)33-28(22-14-17-40-19-22)35(26)24-4-2-1-3-5-24/h6-14,17-19,24H,1-5,15-16H2,(H,32,39)(H,34,38)(H,36,37). The number of imidazole rings is 1. The largest absolute Gasteiger partial charge is 0.478 e. The molecule has 2 fully saturated rings. The van der Waals surface area contributed by atoms with Gasteiger partial charge in [-0.25, -0.2) is 9.78 Å². The molecule has 2 aromatic heterocycles. The number of aromatic nitrogens is 2. The Labute approximate surface area is 230 Å². The molecule has 2 aliphatic carbocycles. The summed E-state index contributed by atoms with van der Waals surface area (Å²) >= 11 is 0. The predicted molar refractivity (Wildman–Crippen MR) is 151 cm³/mol. The zero-order chi connectivity index (χ0) is 27.7. The maximum absolute atomic E-state index is 13.3. The maximum Gasteiger partial charge on any atom is 0.328 e. The molecule has 9 heteroatoms. The number of carboxylic acids is 1. The van der Waals surface area contributed by atoms with Crippen LogP contribution in [0.25, 0.3) is 28.5 Å². The number of hydrogen-bond acceptors (Lipinski definition) is 5. The van der Waals surface area contributed by atoms with E-state index in [1.807, 2.05) is 12.1 Å². The first-order valence-corrected chi connectivity index (χ1v) is 13.6. The van der Waals surface area contributed by atoms with Crippen LogP contribution in [0.15, 0.2) is 71.6 Å². The molecule has 40 heavy (non-hydrogen) atoms. The first-order chi connectivity index (χ1) is 19.4. The number of amides is 2. The number of rotatable bonds is 8. The van der Waals surface area contributed by atoms with Crippen molar-refractivity contribution in [2.75, 3.05) is 5.32 Å². The predicted octanol–water partition coefficient (Wildman–Crippen LogP) is 5.80. The second kappa shape index (κ2) is 10.5. The molecular weight excluding hydrogens is 508 g/mol. The summed E-state index contributed by atoms with van der Waals surface area (Å²) in [6.07, 6.45) is 12.8. The third-order valence-electron chi connectivity index (χ3n) is 7.80. The number of nitrogens with zero attached hydrogens (tertiary/aromatic N) is 2. The van der Waals surface area contributed by atoms with Crippen LogP contribution in [0.1, 0.15) is 66.9 Å². The summed E-state index contributed by atoms with van der Waals surface area (Å²) in [7, 11) is 0. The Morgan fingerprint density at radius 1 is 1.02 bits per heavy atom. The number of anilines is 1. The van der Waals surface area contributed by atoms with Gasteiger partial charge in [-0.3, -0.25) is 9.59 Å². The van der Waals surface area contributed by atoms with E-state index in [9.17, 15) is 14.4 Å². The fourth-order valence-electron chi connectivity index (χ4n) is 5.46. The summed E-state index contributed by atoms with van der Waals surface area (Å²) in [6.45, 7) is 0. The lowest BCUT2D eigenvalue weighted by Gasteiger charge is -2.25. The molecule has 2 aromatic carbocycles. The molecule has 2 amide bonds. The number of furan rings is 1. The molecule has 0 unspecified atom stereocenters. The van der Waals surface area contributed by atoms with Crippen molar-refractivity contribution in [3.63, 3.8) is 0 Å². The fourth-order valence-corrected chi connectivity index (χ4v) is 5.46. The van der Waals surface area contributed by atoms with E-state index in [0.29, 0.717) is 35.7 Å². The van der Waals surface area contributed by atoms with Crippen LogP contribution in [-0.4, -0.2) is 38.0 Å². The normalized spacial score (nSPS) is 16.7. The number of nitrogens with one attached hydrogen (secondary N) is 2. The van der Waals surface area contributed by atoms with E-state index >= 15 is 0 Å². The Bertz CT molecular complexity index is 1590. The van der Waals surface area contributed by atoms with Crippen LogP contribution in [-0.2, 0) is 9.59 Å². The molecule has 9 nitrogen and oxygen atoms in total. The molecule has 2 aliphatic rings. The Morgan fingerprint density at radius 3 is 2.48 bits per heavy atom. The van der Waals surface area contributed by atoms with Gasteiger partial charge in [0.05, 0.1) is 22.9 Å². The van der Waals surface area contributed by atoms with Crippen molar-refractivity contribution in [3.8, 4) is 11.4 Å². The minimum atomic E-state index is -1.03. The molecule has 6 rings (SSSR count). The summed E-state index contributed by atoms with van der Waals surface area (Å²) in [5.41, 5.74) is 3.39. The molecule has 0 bridgehead atoms. The lowest BCUT2D eigenvalue weighted by molar-refractivity contribution is -0.131. The molecule has 2 saturated carbocycles. The van der Waals surface area contributed by atoms with Crippen molar-refractivity contribution in [1.82, 2.24) is 14.9 Å². The molecule has 2 heterocycles. The van der Waals surface area contributed by atoms with E-state index in [1.54, 1.807) is 48.9 Å². The summed E-state index contributed by atoms with van der Waals surface area (Å²) < 4.78 is 7.63. The van der Waals surface area contributed by atoms with Gasteiger partial charge in [-0.15, -0.1) is 0 Å². The summed E-state index contributed by atoms with van der Waals surface area (Å²) in [6, 6.07) is 14.6. The van der Waals surface area contributed by atoms with Gasteiger partial charge >= 0.3 is 5.97 Å². The van der Waals surface area contributed by atoms with E-state index in [4.69, 9.17) is 14.5 Å². The first kappa shape index (κ1) is 25.6. The van der Waals surface area contributed by atoms with Crippen LogP contribution in [0.5, 0.6) is 0 Å². The lowest BCUT2D eigenvalue weighted by atomic mass is 9.95. The van der Waals surface area contributed by atoms with Gasteiger partial charge in [0.1, 0.15) is 17.6 Å². The third kappa shape index (κ3) is 5.14. The Kier molecular flexibility index (Phi) is 6.71. The minimum absolute atomic E-state index is 0.278. The second-order valence-corrected chi connectivity index (χ2v) is 10.6. The van der Waals surface area contributed by atoms with Gasteiger partial charge in [-0.2, -0.15) is 0 Å². The van der Waals surface area contributed by atoms with Crippen LogP contribution in [0, 0.1) is 0 Å². The average molecular weight is 539 g/mol. The smallest absolute Gasteiger partial charge is 0.328 e. The zero-order valence-electron chi connectivity index (χ0n) is 21.9. The SMILES string of the molecule is O=C(O)C=Cc1ccc(NC(=O)C2(NC(=O)c3ccc4c(c3)nc(-c3ccoc3)n4C3CCCCC3)CC2)cc1. The highest BCUT2D eigenvalue weighted by molar-refractivity contribution is 6.06. The van der Waals surface area contributed by atoms with Crippen molar-refractivity contribution < 1.29 is 23.9 Å². The fraction of sp³-hybridized carbons (Fsp3) is 0.290. The van der Waals surface area contributed by atoms with Crippen molar-refractivity contribution in [1.29, 1.82) is 0 Å². The molecule has 0 aliphatic heterocycles. The van der Waals surface area contributed by atoms with E-state index in [0.717, 1.165) is 41.3 Å². The van der Waals surface area contributed by atoms with Crippen molar-refractivity contribution in [2.45, 2.75) is 56.5 Å². The van der Waals surface area contributed by atoms with Crippen LogP contribution in [0.3, 0.4) is 0 Å². The highest BCUT2D eigenvalue weighted by atomic mass is 16.4. The second-order valence-electron chi connectivity index (χ2n) is 10.6. The number of fused-ring (bicyclic) bond motifs is 1. The minimum Gasteiger partial charge on any atom is -0.478 e. The molecule has 4 aromatic rings. The Balaban J connectivity index is 1.19. The molecule has 0 atom stereocenters. The van der Waals surface area contributed by atoms with Gasteiger partial charge in [0.2, 0.25) is 5.91 Å². The molecular formula is C31H30N4O5. The number of carbonyl (C=O) groups is 3. The highest BCUT2D eigenvalue weighted by Crippen LogP contribution is 2.38. The van der Waals surface area contributed by atoms with Gasteiger partial charge in [0.15, 0.2) is 0 Å².